The molecule has 0 bridgehead atoms. The van der Waals surface area contributed by atoms with Crippen LogP contribution in [0.4, 0.5) is 0 Å². The van der Waals surface area contributed by atoms with Crippen LogP contribution in [0.1, 0.15) is 25.6 Å². The predicted molar refractivity (Wildman–Crippen MR) is 74.0 cm³/mol. The number of nitrogens with zero attached hydrogens (tertiary/aromatic N) is 1. The number of hydrogen-bond donors (Lipinski definition) is 2. The molecule has 1 aromatic rings. The van der Waals surface area contributed by atoms with Gasteiger partial charge in [0.25, 0.3) is 0 Å². The average Bonchev–Trinajstić information content (AvgIpc) is 2.45. The minimum Gasteiger partial charge on any atom is -0.389 e. The third kappa shape index (κ3) is 7.22. The van der Waals surface area contributed by atoms with E-state index in [9.17, 15) is 5.11 Å². The van der Waals surface area contributed by atoms with Gasteiger partial charge in [0.1, 0.15) is 0 Å². The standard InChI is InChI=1S/C14H24N2O3/c1-3-18-8-9-19-11-13(17)10-16-12(2)14-6-4-5-7-15-14/h4-7,12-13,16-17H,3,8-11H2,1-2H3/t12-,13?/m0/s1. The molecule has 0 aliphatic heterocycles. The van der Waals surface area contributed by atoms with Gasteiger partial charge in [-0.15, -0.1) is 0 Å². The summed E-state index contributed by atoms with van der Waals surface area (Å²) in [5.41, 5.74) is 0.965. The fourth-order valence-electron chi connectivity index (χ4n) is 1.59. The van der Waals surface area contributed by atoms with E-state index in [-0.39, 0.29) is 6.04 Å². The van der Waals surface area contributed by atoms with E-state index in [1.807, 2.05) is 32.0 Å². The lowest BCUT2D eigenvalue weighted by Crippen LogP contribution is -2.32. The molecule has 1 aromatic heterocycles. The Hall–Kier alpha value is -1.01. The summed E-state index contributed by atoms with van der Waals surface area (Å²) in [6.07, 6.45) is 1.24. The number of aliphatic hydroxyl groups excluding tert-OH is 1. The maximum absolute atomic E-state index is 9.75. The number of nitrogens with one attached hydrogen (secondary N) is 1. The summed E-state index contributed by atoms with van der Waals surface area (Å²) in [4.78, 5) is 4.26. The van der Waals surface area contributed by atoms with Crippen LogP contribution in [0.25, 0.3) is 0 Å². The van der Waals surface area contributed by atoms with Crippen LogP contribution in [0.2, 0.25) is 0 Å². The number of ether oxygens (including phenoxy) is 2. The van der Waals surface area contributed by atoms with Gasteiger partial charge in [0, 0.05) is 25.4 Å². The quantitative estimate of drug-likeness (QED) is 0.623. The van der Waals surface area contributed by atoms with Crippen LogP contribution in [0.5, 0.6) is 0 Å². The molecule has 0 fully saturated rings. The van der Waals surface area contributed by atoms with Crippen molar-refractivity contribution in [1.29, 1.82) is 0 Å². The van der Waals surface area contributed by atoms with E-state index >= 15 is 0 Å². The Morgan fingerprint density at radius 1 is 1.32 bits per heavy atom. The number of pyridine rings is 1. The Balaban J connectivity index is 2.11. The minimum absolute atomic E-state index is 0.110. The number of rotatable bonds is 10. The molecule has 2 atom stereocenters. The first kappa shape index (κ1) is 16.0. The second-order valence-corrected chi connectivity index (χ2v) is 4.31. The normalized spacial score (nSPS) is 14.3. The van der Waals surface area contributed by atoms with E-state index < -0.39 is 6.10 Å². The molecule has 0 aromatic carbocycles. The first-order chi connectivity index (χ1) is 9.24. The molecule has 0 saturated heterocycles. The number of aromatic nitrogens is 1. The third-order valence-electron chi connectivity index (χ3n) is 2.68. The largest absolute Gasteiger partial charge is 0.389 e. The molecule has 1 heterocycles. The first-order valence-corrected chi connectivity index (χ1v) is 6.72. The van der Waals surface area contributed by atoms with Crippen LogP contribution in [-0.4, -0.2) is 49.2 Å². The Labute approximate surface area is 115 Å². The fourth-order valence-corrected chi connectivity index (χ4v) is 1.59. The van der Waals surface area contributed by atoms with Crippen molar-refractivity contribution in [1.82, 2.24) is 10.3 Å². The Morgan fingerprint density at radius 2 is 2.11 bits per heavy atom. The lowest BCUT2D eigenvalue weighted by molar-refractivity contribution is 0.00583. The summed E-state index contributed by atoms with van der Waals surface area (Å²) < 4.78 is 10.4. The van der Waals surface area contributed by atoms with E-state index in [0.717, 1.165) is 5.69 Å². The van der Waals surface area contributed by atoms with Gasteiger partial charge >= 0.3 is 0 Å². The first-order valence-electron chi connectivity index (χ1n) is 6.72. The van der Waals surface area contributed by atoms with Crippen LogP contribution in [0.15, 0.2) is 24.4 Å². The average molecular weight is 268 g/mol. The Bertz CT molecular complexity index is 322. The lowest BCUT2D eigenvalue weighted by Gasteiger charge is -2.16. The SMILES string of the molecule is CCOCCOCC(O)CN[C@@H](C)c1ccccn1. The van der Waals surface area contributed by atoms with E-state index in [1.54, 1.807) is 6.20 Å². The molecule has 2 N–H and O–H groups in total. The summed E-state index contributed by atoms with van der Waals surface area (Å²) in [5.74, 6) is 0. The maximum atomic E-state index is 9.75. The molecule has 0 aliphatic rings. The zero-order chi connectivity index (χ0) is 13.9. The molecule has 5 nitrogen and oxygen atoms in total. The van der Waals surface area contributed by atoms with Gasteiger partial charge in [0.2, 0.25) is 0 Å². The summed E-state index contributed by atoms with van der Waals surface area (Å²) in [7, 11) is 0. The number of hydrogen-bond acceptors (Lipinski definition) is 5. The second-order valence-electron chi connectivity index (χ2n) is 4.31. The van der Waals surface area contributed by atoms with Gasteiger partial charge in [-0.1, -0.05) is 6.07 Å². The molecule has 108 valence electrons. The van der Waals surface area contributed by atoms with Crippen molar-refractivity contribution >= 4 is 0 Å². The summed E-state index contributed by atoms with van der Waals surface area (Å²) in [6.45, 7) is 6.53. The van der Waals surface area contributed by atoms with Crippen LogP contribution < -0.4 is 5.32 Å². The van der Waals surface area contributed by atoms with Crippen molar-refractivity contribution in [2.45, 2.75) is 26.0 Å². The summed E-state index contributed by atoms with van der Waals surface area (Å²) >= 11 is 0. The predicted octanol–water partition coefficient (Wildman–Crippen LogP) is 1.15. The highest BCUT2D eigenvalue weighted by Crippen LogP contribution is 2.07. The molecule has 1 unspecified atom stereocenters. The molecule has 0 aliphatic carbocycles. The van der Waals surface area contributed by atoms with Crippen molar-refractivity contribution in [3.05, 3.63) is 30.1 Å². The second kappa shape index (κ2) is 9.86. The zero-order valence-electron chi connectivity index (χ0n) is 11.7. The van der Waals surface area contributed by atoms with Crippen LogP contribution >= 0.6 is 0 Å². The van der Waals surface area contributed by atoms with Gasteiger partial charge in [-0.05, 0) is 26.0 Å². The zero-order valence-corrected chi connectivity index (χ0v) is 11.7. The molecule has 5 heteroatoms. The highest BCUT2D eigenvalue weighted by atomic mass is 16.5. The van der Waals surface area contributed by atoms with Crippen molar-refractivity contribution in [2.24, 2.45) is 0 Å². The smallest absolute Gasteiger partial charge is 0.0897 e. The lowest BCUT2D eigenvalue weighted by atomic mass is 10.2. The molecule has 19 heavy (non-hydrogen) atoms. The van der Waals surface area contributed by atoms with Crippen LogP contribution in [-0.2, 0) is 9.47 Å². The van der Waals surface area contributed by atoms with E-state index in [0.29, 0.717) is 33.0 Å². The molecule has 0 spiro atoms. The molecule has 0 saturated carbocycles. The maximum Gasteiger partial charge on any atom is 0.0897 e. The van der Waals surface area contributed by atoms with Crippen molar-refractivity contribution < 1.29 is 14.6 Å². The van der Waals surface area contributed by atoms with E-state index in [1.165, 1.54) is 0 Å². The van der Waals surface area contributed by atoms with Gasteiger partial charge in [0.15, 0.2) is 0 Å². The third-order valence-corrected chi connectivity index (χ3v) is 2.68. The van der Waals surface area contributed by atoms with Crippen LogP contribution in [0, 0.1) is 0 Å². The van der Waals surface area contributed by atoms with E-state index in [4.69, 9.17) is 9.47 Å². The molecular weight excluding hydrogens is 244 g/mol. The van der Waals surface area contributed by atoms with Crippen LogP contribution in [0.3, 0.4) is 0 Å². The molecule has 0 amide bonds. The van der Waals surface area contributed by atoms with Gasteiger partial charge in [-0.2, -0.15) is 0 Å². The van der Waals surface area contributed by atoms with Gasteiger partial charge in [-0.25, -0.2) is 0 Å². The van der Waals surface area contributed by atoms with Gasteiger partial charge in [0.05, 0.1) is 31.6 Å². The highest BCUT2D eigenvalue weighted by Gasteiger charge is 2.09. The topological polar surface area (TPSA) is 63.6 Å². The molecular formula is C14H24N2O3. The van der Waals surface area contributed by atoms with Crippen molar-refractivity contribution in [3.63, 3.8) is 0 Å². The van der Waals surface area contributed by atoms with Gasteiger partial charge in [-0.3, -0.25) is 4.98 Å². The summed E-state index contributed by atoms with van der Waals surface area (Å²) in [6, 6.07) is 5.91. The monoisotopic (exact) mass is 268 g/mol. The molecule has 0 radical (unpaired) electrons. The van der Waals surface area contributed by atoms with Crippen molar-refractivity contribution in [3.8, 4) is 0 Å². The molecule has 1 rings (SSSR count). The summed E-state index contributed by atoms with van der Waals surface area (Å²) in [5, 5.41) is 13.0. The Morgan fingerprint density at radius 3 is 2.79 bits per heavy atom. The van der Waals surface area contributed by atoms with Crippen molar-refractivity contribution in [2.75, 3.05) is 33.0 Å². The minimum atomic E-state index is -0.521. The van der Waals surface area contributed by atoms with E-state index in [2.05, 4.69) is 10.3 Å². The Kier molecular flexibility index (Phi) is 8.33. The highest BCUT2D eigenvalue weighted by molar-refractivity contribution is 5.07. The number of aliphatic hydroxyl groups is 1. The fraction of sp³-hybridized carbons (Fsp3) is 0.643. The van der Waals surface area contributed by atoms with Gasteiger partial charge < -0.3 is 19.9 Å².